The van der Waals surface area contributed by atoms with E-state index < -0.39 is 29.4 Å². The lowest BCUT2D eigenvalue weighted by Crippen LogP contribution is -2.33. The standard InChI is InChI=1S/C14H13FN2O4/c1-8-3-4-9(12(5-8)21-2)11(18)7-17-6-10(15)13(19)16-14(17)20/h3-6H,7H2,1-2H3,(H,16,19,20). The third-order valence-corrected chi connectivity index (χ3v) is 2.94. The number of benzene rings is 1. The van der Waals surface area contributed by atoms with Gasteiger partial charge >= 0.3 is 5.69 Å². The third-order valence-electron chi connectivity index (χ3n) is 2.94. The highest BCUT2D eigenvalue weighted by atomic mass is 19.1. The van der Waals surface area contributed by atoms with E-state index in [1.54, 1.807) is 23.2 Å². The first-order valence-electron chi connectivity index (χ1n) is 6.09. The van der Waals surface area contributed by atoms with Crippen LogP contribution in [0.5, 0.6) is 5.75 Å². The number of rotatable bonds is 4. The minimum absolute atomic E-state index is 0.279. The Hall–Kier alpha value is -2.70. The predicted octanol–water partition coefficient (Wildman–Crippen LogP) is 0.876. The Balaban J connectivity index is 2.37. The number of nitrogens with zero attached hydrogens (tertiary/aromatic N) is 1. The number of halogens is 1. The van der Waals surface area contributed by atoms with E-state index in [2.05, 4.69) is 0 Å². The van der Waals surface area contributed by atoms with E-state index in [9.17, 15) is 18.8 Å². The highest BCUT2D eigenvalue weighted by Crippen LogP contribution is 2.20. The summed E-state index contributed by atoms with van der Waals surface area (Å²) in [5.74, 6) is -1.18. The van der Waals surface area contributed by atoms with Gasteiger partial charge in [0.1, 0.15) is 5.75 Å². The van der Waals surface area contributed by atoms with E-state index >= 15 is 0 Å². The quantitative estimate of drug-likeness (QED) is 0.848. The van der Waals surface area contributed by atoms with Crippen LogP contribution in [0.3, 0.4) is 0 Å². The number of aryl methyl sites for hydroxylation is 1. The molecule has 0 spiro atoms. The first-order valence-corrected chi connectivity index (χ1v) is 6.09. The molecule has 21 heavy (non-hydrogen) atoms. The molecule has 1 aromatic carbocycles. The highest BCUT2D eigenvalue weighted by Gasteiger charge is 2.14. The molecular formula is C14H13FN2O4. The Morgan fingerprint density at radius 2 is 2.10 bits per heavy atom. The van der Waals surface area contributed by atoms with E-state index in [-0.39, 0.29) is 5.56 Å². The molecule has 0 aliphatic heterocycles. The molecule has 0 saturated heterocycles. The van der Waals surface area contributed by atoms with Crippen molar-refractivity contribution in [3.63, 3.8) is 0 Å². The Bertz CT molecular complexity index is 807. The maximum absolute atomic E-state index is 13.2. The Morgan fingerprint density at radius 3 is 2.76 bits per heavy atom. The second-order valence-corrected chi connectivity index (χ2v) is 4.49. The number of ether oxygens (including phenoxy) is 1. The molecule has 1 N–H and O–H groups in total. The fourth-order valence-electron chi connectivity index (χ4n) is 1.87. The maximum atomic E-state index is 13.2. The van der Waals surface area contributed by atoms with E-state index in [4.69, 9.17) is 4.74 Å². The number of hydrogen-bond acceptors (Lipinski definition) is 4. The molecule has 2 rings (SSSR count). The van der Waals surface area contributed by atoms with Crippen molar-refractivity contribution in [3.05, 3.63) is 62.2 Å². The summed E-state index contributed by atoms with van der Waals surface area (Å²) in [4.78, 5) is 36.5. The zero-order valence-electron chi connectivity index (χ0n) is 11.5. The average Bonchev–Trinajstić information content (AvgIpc) is 2.44. The molecule has 0 amide bonds. The molecule has 0 fully saturated rings. The lowest BCUT2D eigenvalue weighted by atomic mass is 10.1. The zero-order chi connectivity index (χ0) is 15.6. The van der Waals surface area contributed by atoms with Crippen LogP contribution in [0.25, 0.3) is 0 Å². The lowest BCUT2D eigenvalue weighted by molar-refractivity contribution is 0.0967. The van der Waals surface area contributed by atoms with Gasteiger partial charge in [-0.3, -0.25) is 19.1 Å². The van der Waals surface area contributed by atoms with Crippen LogP contribution in [0.15, 0.2) is 34.0 Å². The molecule has 0 aliphatic rings. The van der Waals surface area contributed by atoms with Gasteiger partial charge in [-0.05, 0) is 24.6 Å². The van der Waals surface area contributed by atoms with Gasteiger partial charge in [-0.2, -0.15) is 4.39 Å². The molecule has 0 bridgehead atoms. The molecule has 0 aliphatic carbocycles. The van der Waals surface area contributed by atoms with E-state index in [1.807, 2.05) is 6.92 Å². The molecular weight excluding hydrogens is 279 g/mol. The number of aromatic nitrogens is 2. The summed E-state index contributed by atoms with van der Waals surface area (Å²) in [5, 5.41) is 0. The molecule has 0 saturated carbocycles. The highest BCUT2D eigenvalue weighted by molar-refractivity contribution is 5.98. The second-order valence-electron chi connectivity index (χ2n) is 4.49. The van der Waals surface area contributed by atoms with E-state index in [0.29, 0.717) is 11.9 Å². The molecule has 1 heterocycles. The maximum Gasteiger partial charge on any atom is 0.328 e. The molecule has 6 nitrogen and oxygen atoms in total. The fraction of sp³-hybridized carbons (Fsp3) is 0.214. The number of aromatic amines is 1. The summed E-state index contributed by atoms with van der Waals surface area (Å²) >= 11 is 0. The van der Waals surface area contributed by atoms with Crippen LogP contribution >= 0.6 is 0 Å². The van der Waals surface area contributed by atoms with Crippen molar-refractivity contribution in [3.8, 4) is 5.75 Å². The zero-order valence-corrected chi connectivity index (χ0v) is 11.5. The number of hydrogen-bond donors (Lipinski definition) is 1. The number of nitrogens with one attached hydrogen (secondary N) is 1. The van der Waals surface area contributed by atoms with Crippen molar-refractivity contribution < 1.29 is 13.9 Å². The summed E-state index contributed by atoms with van der Waals surface area (Å²) in [7, 11) is 1.43. The monoisotopic (exact) mass is 292 g/mol. The van der Waals surface area contributed by atoms with Crippen molar-refractivity contribution in [2.24, 2.45) is 0 Å². The molecule has 1 aromatic heterocycles. The number of methoxy groups -OCH3 is 1. The number of ketones is 1. The van der Waals surface area contributed by atoms with Crippen molar-refractivity contribution in [2.45, 2.75) is 13.5 Å². The molecule has 0 unspecified atom stereocenters. The van der Waals surface area contributed by atoms with E-state index in [1.165, 1.54) is 7.11 Å². The van der Waals surface area contributed by atoms with E-state index in [0.717, 1.165) is 10.1 Å². The van der Waals surface area contributed by atoms with Crippen molar-refractivity contribution in [1.82, 2.24) is 9.55 Å². The lowest BCUT2D eigenvalue weighted by Gasteiger charge is -2.09. The Labute approximate surface area is 118 Å². The average molecular weight is 292 g/mol. The molecule has 7 heteroatoms. The fourth-order valence-corrected chi connectivity index (χ4v) is 1.87. The summed E-state index contributed by atoms with van der Waals surface area (Å²) < 4.78 is 19.1. The normalized spacial score (nSPS) is 10.4. The summed E-state index contributed by atoms with van der Waals surface area (Å²) in [6.07, 6.45) is 0.708. The second kappa shape index (κ2) is 5.74. The number of H-pyrrole nitrogens is 1. The van der Waals surface area contributed by atoms with Crippen LogP contribution in [0.1, 0.15) is 15.9 Å². The first kappa shape index (κ1) is 14.7. The van der Waals surface area contributed by atoms with Crippen LogP contribution in [0.2, 0.25) is 0 Å². The van der Waals surface area contributed by atoms with Crippen molar-refractivity contribution >= 4 is 5.78 Å². The Morgan fingerprint density at radius 1 is 1.38 bits per heavy atom. The topological polar surface area (TPSA) is 81.2 Å². The molecule has 0 atom stereocenters. The molecule has 110 valence electrons. The van der Waals surface area contributed by atoms with Crippen LogP contribution in [-0.4, -0.2) is 22.4 Å². The van der Waals surface area contributed by atoms with Crippen molar-refractivity contribution in [2.75, 3.05) is 7.11 Å². The summed E-state index contributed by atoms with van der Waals surface area (Å²) in [6, 6.07) is 4.99. The minimum atomic E-state index is -1.13. The van der Waals surface area contributed by atoms with Gasteiger partial charge < -0.3 is 4.74 Å². The van der Waals surface area contributed by atoms with Gasteiger partial charge in [-0.15, -0.1) is 0 Å². The predicted molar refractivity (Wildman–Crippen MR) is 73.3 cm³/mol. The third kappa shape index (κ3) is 3.07. The first-order chi connectivity index (χ1) is 9.92. The van der Waals surface area contributed by atoms with Gasteiger partial charge in [-0.25, -0.2) is 4.79 Å². The number of carbonyl (C=O) groups is 1. The van der Waals surface area contributed by atoms with Crippen LogP contribution in [0.4, 0.5) is 4.39 Å². The molecule has 0 radical (unpaired) electrons. The van der Waals surface area contributed by atoms with Gasteiger partial charge in [0.2, 0.25) is 5.82 Å². The van der Waals surface area contributed by atoms with Crippen molar-refractivity contribution in [1.29, 1.82) is 0 Å². The van der Waals surface area contributed by atoms with Gasteiger partial charge in [0.05, 0.1) is 25.4 Å². The molecule has 2 aromatic rings. The number of Topliss-reactive ketones (excluding diaryl/α,β-unsaturated/α-hetero) is 1. The van der Waals surface area contributed by atoms with Crippen LogP contribution in [0, 0.1) is 12.7 Å². The van der Waals surface area contributed by atoms with Gasteiger partial charge in [-0.1, -0.05) is 6.07 Å². The van der Waals surface area contributed by atoms with Crippen LogP contribution < -0.4 is 16.0 Å². The largest absolute Gasteiger partial charge is 0.496 e. The number of carbonyl (C=O) groups excluding carboxylic acids is 1. The van der Waals surface area contributed by atoms with Gasteiger partial charge in [0.25, 0.3) is 5.56 Å². The van der Waals surface area contributed by atoms with Gasteiger partial charge in [0.15, 0.2) is 5.78 Å². The SMILES string of the molecule is COc1cc(C)ccc1C(=O)Cn1cc(F)c(=O)[nH]c1=O. The Kier molecular flexibility index (Phi) is 4.02. The smallest absolute Gasteiger partial charge is 0.328 e. The summed E-state index contributed by atoms with van der Waals surface area (Å²) in [6.45, 7) is 1.45. The van der Waals surface area contributed by atoms with Crippen LogP contribution in [-0.2, 0) is 6.54 Å². The minimum Gasteiger partial charge on any atom is -0.496 e. The van der Waals surface area contributed by atoms with Gasteiger partial charge in [0, 0.05) is 0 Å². The summed E-state index contributed by atoms with van der Waals surface area (Å²) in [5.41, 5.74) is -0.769.